The molecule has 2 unspecified atom stereocenters. The van der Waals surface area contributed by atoms with Crippen molar-refractivity contribution in [2.24, 2.45) is 0 Å². The number of carbonyl (C=O) groups excluding carboxylic acids is 3. The highest BCUT2D eigenvalue weighted by Crippen LogP contribution is 2.45. The molecule has 0 saturated heterocycles. The highest BCUT2D eigenvalue weighted by molar-refractivity contribution is 6.32. The number of aromatic nitrogens is 4. The van der Waals surface area contributed by atoms with Crippen LogP contribution in [0.5, 0.6) is 0 Å². The number of nitrogens with zero attached hydrogens (tertiary/aromatic N) is 2. The number of fused-ring (bicyclic) bond motifs is 4. The van der Waals surface area contributed by atoms with Crippen LogP contribution < -0.4 is 21.3 Å². The lowest BCUT2D eigenvalue weighted by molar-refractivity contribution is -0.123. The number of hydrogen-bond acceptors (Lipinski definition) is 7. The molecule has 2 aliphatic rings. The summed E-state index contributed by atoms with van der Waals surface area (Å²) in [6, 6.07) is 32.5. The van der Waals surface area contributed by atoms with Gasteiger partial charge in [0.25, 0.3) is 11.8 Å². The third kappa shape index (κ3) is 6.91. The van der Waals surface area contributed by atoms with Crippen molar-refractivity contribution in [1.29, 1.82) is 0 Å². The van der Waals surface area contributed by atoms with E-state index in [0.29, 0.717) is 47.4 Å². The normalized spacial score (nSPS) is 15.6. The molecule has 0 radical (unpaired) electrons. The van der Waals surface area contributed by atoms with Gasteiger partial charge in [0, 0.05) is 91.0 Å². The second-order valence-electron chi connectivity index (χ2n) is 15.0. The van der Waals surface area contributed by atoms with Crippen molar-refractivity contribution in [3.05, 3.63) is 176 Å². The topological polar surface area (TPSA) is 157 Å². The average molecular weight is 832 g/mol. The molecule has 13 heteroatoms. The van der Waals surface area contributed by atoms with Crippen LogP contribution in [-0.2, 0) is 31.0 Å². The van der Waals surface area contributed by atoms with Gasteiger partial charge in [0.2, 0.25) is 0 Å². The maximum absolute atomic E-state index is 14.9. The first-order valence-electron chi connectivity index (χ1n) is 19.5. The van der Waals surface area contributed by atoms with Crippen molar-refractivity contribution >= 4 is 62.6 Å². The molecule has 10 rings (SSSR count). The number of H-pyrrole nitrogens is 2. The van der Waals surface area contributed by atoms with Gasteiger partial charge in [-0.1, -0.05) is 47.5 Å². The number of carbonyl (C=O) groups is 3. The minimum Gasteiger partial charge on any atom is -0.355 e. The van der Waals surface area contributed by atoms with Crippen LogP contribution in [0, 0.1) is 0 Å². The van der Waals surface area contributed by atoms with E-state index >= 15 is 0 Å². The number of hydrogen-bond donors (Lipinski definition) is 6. The van der Waals surface area contributed by atoms with Crippen LogP contribution in [0.25, 0.3) is 44.3 Å². The quantitative estimate of drug-likeness (QED) is 0.0807. The predicted octanol–water partition coefficient (Wildman–Crippen LogP) is 8.50. The Morgan fingerprint density at radius 1 is 0.583 bits per heavy atom. The summed E-state index contributed by atoms with van der Waals surface area (Å²) < 4.78 is 0. The average Bonchev–Trinajstić information content (AvgIpc) is 4.10. The predicted molar refractivity (Wildman–Crippen MR) is 232 cm³/mol. The molecule has 60 heavy (non-hydrogen) atoms. The van der Waals surface area contributed by atoms with Crippen molar-refractivity contribution < 1.29 is 14.4 Å². The molecule has 4 aromatic heterocycles. The number of rotatable bonds is 10. The Bertz CT molecular complexity index is 2800. The maximum atomic E-state index is 14.9. The van der Waals surface area contributed by atoms with Gasteiger partial charge in [0.05, 0.1) is 36.6 Å². The van der Waals surface area contributed by atoms with Crippen LogP contribution in [0.15, 0.2) is 122 Å². The second-order valence-corrected chi connectivity index (χ2v) is 15.8. The summed E-state index contributed by atoms with van der Waals surface area (Å²) in [6.45, 7) is 1.48. The van der Waals surface area contributed by atoms with Gasteiger partial charge in [-0.15, -0.1) is 0 Å². The fraction of sp³-hybridized carbons (Fsp3) is 0.128. The monoisotopic (exact) mass is 830 g/mol. The summed E-state index contributed by atoms with van der Waals surface area (Å²) in [5.41, 5.74) is 10.9. The van der Waals surface area contributed by atoms with E-state index < -0.39 is 12.1 Å². The summed E-state index contributed by atoms with van der Waals surface area (Å²) in [4.78, 5) is 56.8. The van der Waals surface area contributed by atoms with Crippen LogP contribution in [0.1, 0.15) is 66.4 Å². The van der Waals surface area contributed by atoms with Gasteiger partial charge in [-0.05, 0) is 107 Å². The first-order valence-corrected chi connectivity index (χ1v) is 20.3. The molecule has 8 aromatic rings. The van der Waals surface area contributed by atoms with Crippen LogP contribution in [0.4, 0.5) is 0 Å². The summed E-state index contributed by atoms with van der Waals surface area (Å²) in [7, 11) is 0. The van der Waals surface area contributed by atoms with E-state index in [4.69, 9.17) is 23.2 Å². The highest BCUT2D eigenvalue weighted by Gasteiger charge is 2.41. The van der Waals surface area contributed by atoms with Gasteiger partial charge < -0.3 is 20.6 Å². The summed E-state index contributed by atoms with van der Waals surface area (Å²) >= 11 is 13.6. The van der Waals surface area contributed by atoms with Gasteiger partial charge in [-0.2, -0.15) is 0 Å². The lowest BCUT2D eigenvalue weighted by atomic mass is 9.87. The molecule has 6 heterocycles. The van der Waals surface area contributed by atoms with Crippen molar-refractivity contribution in [3.8, 4) is 22.5 Å². The lowest BCUT2D eigenvalue weighted by Gasteiger charge is -2.21. The van der Waals surface area contributed by atoms with Crippen LogP contribution in [0.3, 0.4) is 0 Å². The highest BCUT2D eigenvalue weighted by atomic mass is 35.5. The third-order valence-corrected chi connectivity index (χ3v) is 12.1. The Balaban J connectivity index is 0.938. The van der Waals surface area contributed by atoms with Gasteiger partial charge >= 0.3 is 0 Å². The first-order chi connectivity index (χ1) is 29.3. The fourth-order valence-electron chi connectivity index (χ4n) is 8.42. The van der Waals surface area contributed by atoms with E-state index in [1.165, 1.54) is 0 Å². The van der Waals surface area contributed by atoms with Crippen molar-refractivity contribution in [2.45, 2.75) is 38.3 Å². The summed E-state index contributed by atoms with van der Waals surface area (Å²) in [5.74, 6) is -0.465. The van der Waals surface area contributed by atoms with Crippen molar-refractivity contribution in [3.63, 3.8) is 0 Å². The van der Waals surface area contributed by atoms with Gasteiger partial charge in [-0.3, -0.25) is 35.0 Å². The number of pyridine rings is 2. The number of nitrogens with one attached hydrogen (secondary N) is 6. The number of benzene rings is 4. The smallest absolute Gasteiger partial charge is 0.251 e. The number of ketones is 1. The first kappa shape index (κ1) is 37.6. The molecule has 2 atom stereocenters. The lowest BCUT2D eigenvalue weighted by Crippen LogP contribution is -2.32. The SMILES string of the molecule is O=C(NCc1ccccn1)c1ccc2[nH]c(-c3ccc(Cl)c4c3C(C(=O)C3NCc5c(Cl)ccc(-c6cc7cc(C(=O)NCc8ccccn8)ccc7[nH]6)c53)NC4)cc2c1. The Labute approximate surface area is 354 Å². The van der Waals surface area contributed by atoms with Crippen molar-refractivity contribution in [1.82, 2.24) is 41.2 Å². The Morgan fingerprint density at radius 2 is 1.05 bits per heavy atom. The molecule has 0 aliphatic carbocycles. The zero-order valence-electron chi connectivity index (χ0n) is 31.9. The number of halogens is 2. The maximum Gasteiger partial charge on any atom is 0.251 e. The fourth-order valence-corrected chi connectivity index (χ4v) is 8.88. The Morgan fingerprint density at radius 3 is 1.48 bits per heavy atom. The molecule has 0 fully saturated rings. The standard InChI is InChI=1S/C47H36Cl2N8O3/c48-35-11-9-31(39-19-27-17-25(7-13-37(27)56-39)46(59)54-21-29-5-1-3-15-50-29)41-33(35)23-52-43(41)45(58)44-42-32(10-12-36(49)34(42)24-53-44)40-20-28-18-26(8-14-38(28)57-40)47(60)55-22-30-6-2-4-16-51-30/h1-20,43-44,52-53,56-57H,21-24H2,(H,54,59)(H,55,60). The second kappa shape index (κ2) is 15.5. The number of Topliss-reactive ketones (excluding diaryl/α,β-unsaturated/α-hetero) is 1. The van der Waals surface area contributed by atoms with E-state index in [9.17, 15) is 14.4 Å². The van der Waals surface area contributed by atoms with Crippen LogP contribution in [0.2, 0.25) is 10.0 Å². The minimum atomic E-state index is -0.682. The van der Waals surface area contributed by atoms with E-state index in [1.807, 2.05) is 97.1 Å². The Kier molecular flexibility index (Phi) is 9.73. The molecule has 0 bridgehead atoms. The molecule has 4 aromatic carbocycles. The Hall–Kier alpha value is -6.63. The molecule has 2 aliphatic heterocycles. The van der Waals surface area contributed by atoms with Crippen LogP contribution in [-0.4, -0.2) is 37.5 Å². The molecule has 6 N–H and O–H groups in total. The van der Waals surface area contributed by atoms with E-state index in [-0.39, 0.29) is 17.6 Å². The molecular formula is C47H36Cl2N8O3. The van der Waals surface area contributed by atoms with Gasteiger partial charge in [-0.25, -0.2) is 0 Å². The van der Waals surface area contributed by atoms with Crippen molar-refractivity contribution in [2.75, 3.05) is 0 Å². The summed E-state index contributed by atoms with van der Waals surface area (Å²) in [5, 5.41) is 15.7. The minimum absolute atomic E-state index is 0.0644. The zero-order valence-corrected chi connectivity index (χ0v) is 33.4. The van der Waals surface area contributed by atoms with E-state index in [0.717, 1.165) is 78.0 Å². The summed E-state index contributed by atoms with van der Waals surface area (Å²) in [6.07, 6.45) is 3.40. The largest absolute Gasteiger partial charge is 0.355 e. The van der Waals surface area contributed by atoms with Gasteiger partial charge in [0.1, 0.15) is 0 Å². The van der Waals surface area contributed by atoms with E-state index in [1.54, 1.807) is 24.5 Å². The van der Waals surface area contributed by atoms with Crippen LogP contribution >= 0.6 is 23.2 Å². The zero-order chi connectivity index (χ0) is 40.9. The number of aromatic amines is 2. The molecule has 0 spiro atoms. The molecule has 2 amide bonds. The third-order valence-electron chi connectivity index (χ3n) is 11.4. The van der Waals surface area contributed by atoms with E-state index in [2.05, 4.69) is 41.2 Å². The van der Waals surface area contributed by atoms with Gasteiger partial charge in [0.15, 0.2) is 5.78 Å². The molecule has 296 valence electrons. The molecule has 11 nitrogen and oxygen atoms in total. The number of amides is 2. The molecule has 0 saturated carbocycles. The molecular weight excluding hydrogens is 795 g/mol.